The molecule has 10 rings (SSSR count). The molecule has 31 heteroatoms. The van der Waals surface area contributed by atoms with Crippen LogP contribution in [0, 0.1) is 11.8 Å². The summed E-state index contributed by atoms with van der Waals surface area (Å²) in [6.45, 7) is 17.8. The summed E-state index contributed by atoms with van der Waals surface area (Å²) >= 11 is 0. The molecule has 0 spiro atoms. The number of hydrogen-bond donors (Lipinski definition) is 4. The highest BCUT2D eigenvalue weighted by atomic mass is 16.6. The Kier molecular flexibility index (Phi) is 34.1. The van der Waals surface area contributed by atoms with Gasteiger partial charge >= 0.3 is 0 Å². The number of nitrogens with one attached hydrogen (secondary N) is 4. The molecule has 31 nitrogen and oxygen atoms in total. The van der Waals surface area contributed by atoms with Crippen LogP contribution >= 0.6 is 0 Å². The third-order valence-electron chi connectivity index (χ3n) is 20.1. The van der Waals surface area contributed by atoms with E-state index < -0.39 is 23.9 Å². The Balaban J connectivity index is 0.532. The van der Waals surface area contributed by atoms with Crippen LogP contribution in [-0.2, 0) is 66.7 Å². The molecule has 4 aromatic rings. The monoisotopic (exact) mass is 1580 g/mol. The molecule has 6 aliphatic heterocycles. The van der Waals surface area contributed by atoms with Crippen LogP contribution in [0.5, 0.6) is 23.0 Å². The number of ether oxygens (including phenoxy) is 12. The smallest absolute Gasteiger partial charge is 0.260 e. The van der Waals surface area contributed by atoms with Gasteiger partial charge in [-0.25, -0.2) is 0 Å². The summed E-state index contributed by atoms with van der Waals surface area (Å²) in [5, 5.41) is 11.1. The van der Waals surface area contributed by atoms with Crippen molar-refractivity contribution in [1.29, 1.82) is 0 Å². The zero-order valence-electron chi connectivity index (χ0n) is 66.6. The van der Waals surface area contributed by atoms with Gasteiger partial charge in [0.1, 0.15) is 12.1 Å². The summed E-state index contributed by atoms with van der Waals surface area (Å²) in [5.41, 5.74) is 7.47. The number of rotatable bonds is 49. The molecule has 8 amide bonds. The quantitative estimate of drug-likeness (QED) is 0.0254. The lowest BCUT2D eigenvalue weighted by molar-refractivity contribution is -0.139. The maximum absolute atomic E-state index is 14.2. The lowest BCUT2D eigenvalue weighted by Gasteiger charge is -2.34. The summed E-state index contributed by atoms with van der Waals surface area (Å²) in [7, 11) is 5.25. The highest BCUT2D eigenvalue weighted by molar-refractivity contribution is 6.07. The van der Waals surface area contributed by atoms with Crippen LogP contribution in [0.3, 0.4) is 0 Å². The molecule has 0 aromatic heterocycles. The molecule has 4 N–H and O–H groups in total. The summed E-state index contributed by atoms with van der Waals surface area (Å²) in [4.78, 5) is 123. The molecule has 6 aliphatic rings. The second-order valence-electron chi connectivity index (χ2n) is 28.8. The van der Waals surface area contributed by atoms with E-state index in [0.29, 0.717) is 183 Å². The number of carbonyl (C=O) groups is 8. The van der Waals surface area contributed by atoms with Crippen LogP contribution in [0.25, 0.3) is 11.1 Å². The highest BCUT2D eigenvalue weighted by Gasteiger charge is 2.38. The molecule has 0 saturated carbocycles. The predicted octanol–water partition coefficient (Wildman–Crippen LogP) is 7.03. The molecule has 5 atom stereocenters. The number of benzene rings is 4. The molecule has 1 unspecified atom stereocenters. The second-order valence-corrected chi connectivity index (χ2v) is 28.8. The van der Waals surface area contributed by atoms with E-state index in [1.54, 1.807) is 87.2 Å². The Hall–Kier alpha value is -9.70. The van der Waals surface area contributed by atoms with E-state index in [1.165, 1.54) is 12.8 Å². The van der Waals surface area contributed by atoms with E-state index in [4.69, 9.17) is 66.8 Å². The zero-order valence-corrected chi connectivity index (χ0v) is 66.6. The molecule has 2 saturated heterocycles. The average molecular weight is 1580 g/mol. The third kappa shape index (κ3) is 25.4. The molecule has 0 bridgehead atoms. The molecule has 2 fully saturated rings. The lowest BCUT2D eigenvalue weighted by Crippen LogP contribution is -2.53. The van der Waals surface area contributed by atoms with E-state index in [-0.39, 0.29) is 98.4 Å². The van der Waals surface area contributed by atoms with Crippen molar-refractivity contribution in [2.45, 2.75) is 103 Å². The minimum Gasteiger partial charge on any atom is -0.493 e. The molecular weight excluding hydrogens is 1470 g/mol. The first-order valence-corrected chi connectivity index (χ1v) is 39.5. The first-order valence-electron chi connectivity index (χ1n) is 39.5. The Bertz CT molecular complexity index is 4020. The maximum Gasteiger partial charge on any atom is 0.260 e. The van der Waals surface area contributed by atoms with Crippen molar-refractivity contribution < 1.29 is 95.2 Å². The normalized spacial score (nSPS) is 17.7. The Morgan fingerprint density at radius 2 is 0.974 bits per heavy atom. The van der Waals surface area contributed by atoms with Gasteiger partial charge in [0, 0.05) is 126 Å². The number of carbonyl (C=O) groups excluding carboxylic acids is 8. The van der Waals surface area contributed by atoms with Crippen molar-refractivity contribution in [3.63, 3.8) is 0 Å². The molecule has 0 aliphatic carbocycles. The molecule has 0 radical (unpaired) electrons. The van der Waals surface area contributed by atoms with Crippen LogP contribution in [0.4, 0.5) is 22.7 Å². The zero-order chi connectivity index (χ0) is 80.7. The van der Waals surface area contributed by atoms with E-state index in [1.807, 2.05) is 30.7 Å². The average Bonchev–Trinajstić information content (AvgIpc) is 1.62. The second kappa shape index (κ2) is 44.8. The topological polar surface area (TPSA) is 336 Å². The van der Waals surface area contributed by atoms with Crippen molar-refractivity contribution >= 4 is 93.6 Å². The van der Waals surface area contributed by atoms with Gasteiger partial charge < -0.3 is 97.7 Å². The predicted molar refractivity (Wildman–Crippen MR) is 427 cm³/mol. The fraction of sp³-hybridized carbons (Fsp3) is 0.542. The minimum atomic E-state index is -0.939. The van der Waals surface area contributed by atoms with E-state index >= 15 is 0 Å². The van der Waals surface area contributed by atoms with Crippen LogP contribution in [0.1, 0.15) is 111 Å². The number of amides is 8. The van der Waals surface area contributed by atoms with Gasteiger partial charge in [-0.05, 0) is 97.8 Å². The van der Waals surface area contributed by atoms with Crippen molar-refractivity contribution in [3.8, 4) is 23.0 Å². The van der Waals surface area contributed by atoms with Crippen molar-refractivity contribution in [2.24, 2.45) is 21.8 Å². The fourth-order valence-electron chi connectivity index (χ4n) is 13.5. The lowest BCUT2D eigenvalue weighted by atomic mass is 10.0. The number of anilines is 2. The number of piperazine rings is 1. The van der Waals surface area contributed by atoms with Gasteiger partial charge in [-0.3, -0.25) is 53.2 Å². The summed E-state index contributed by atoms with van der Waals surface area (Å²) < 4.78 is 68.1. The van der Waals surface area contributed by atoms with Crippen molar-refractivity contribution in [1.82, 2.24) is 35.6 Å². The molecule has 4 aromatic carbocycles. The Morgan fingerprint density at radius 3 is 1.43 bits per heavy atom. The van der Waals surface area contributed by atoms with Gasteiger partial charge in [-0.1, -0.05) is 45.0 Å². The number of methoxy groups -OCH3 is 2. The molecular formula is C83H111N11O20. The van der Waals surface area contributed by atoms with Crippen LogP contribution < -0.4 is 45.1 Å². The van der Waals surface area contributed by atoms with E-state index in [2.05, 4.69) is 62.4 Å². The first kappa shape index (κ1) is 86.7. The summed E-state index contributed by atoms with van der Waals surface area (Å²) in [5.74, 6) is -1.20. The minimum absolute atomic E-state index is 0.0149. The van der Waals surface area contributed by atoms with Gasteiger partial charge in [0.05, 0.1) is 168 Å². The van der Waals surface area contributed by atoms with Crippen LogP contribution in [0.2, 0.25) is 0 Å². The van der Waals surface area contributed by atoms with Crippen molar-refractivity contribution in [3.05, 3.63) is 107 Å². The van der Waals surface area contributed by atoms with Gasteiger partial charge in [-0.2, -0.15) is 0 Å². The van der Waals surface area contributed by atoms with E-state index in [0.717, 1.165) is 66.2 Å². The van der Waals surface area contributed by atoms with Gasteiger partial charge in [0.15, 0.2) is 23.0 Å². The Labute approximate surface area is 666 Å². The fourth-order valence-corrected chi connectivity index (χ4v) is 13.5. The van der Waals surface area contributed by atoms with Gasteiger partial charge in [0.25, 0.3) is 11.8 Å². The number of nitrogens with zero attached hydrogens (tertiary/aromatic N) is 7. The summed E-state index contributed by atoms with van der Waals surface area (Å²) in [6, 6.07) is 20.4. The SMILES string of the molecule is COc1cc2c(cc1OCCCCCOc1cc3c(cc1OC)C(=O)N1C=C(c4ccc(N5CCN(C)CC5)cc4)C[C@H]1C=N3)N=C[C@@H]1CC(c3ccc(NC(=O)[C@H](C)NC(=O)[C@@H](NC(=O)CCOCCOCCOCCOCCOCCOCCOCCOCCNC(=O)CCN4C(=O)CC(C)C4=O)C(C)C)cc3)=CN1C2=O. The third-order valence-corrected chi connectivity index (χ3v) is 20.1. The standard InChI is InChI=1S/C83H111N11O20/c1-56(2)78(89-76(96)20-29-105-31-33-107-35-37-109-39-41-111-43-44-112-42-40-110-38-36-108-34-32-106-30-21-84-75(95)19-22-92-77(97)45-57(3)81(92)100)80(99)87-58(4)79(98)88-63-15-11-59(12-16-63)61-46-65-52-85-69-50-73(71(103-6)48-67(69)82(101)93(65)54-61)113-27-9-8-10-28-114-74-51-70-68(49-72(74)104-7)83(102)94-55-62(47-66(94)53-86-70)60-13-17-64(18-14-60)91-25-23-90(5)24-26-91/h11-18,48-58,65-66,78H,8-10,19-47H2,1-7H3,(H,84,95)(H,87,99)(H,88,98)(H,89,96)/t57?,58-,65-,66-,78-/m0/s1. The molecule has 618 valence electrons. The largest absolute Gasteiger partial charge is 0.493 e. The van der Waals surface area contributed by atoms with Crippen LogP contribution in [-0.4, -0.2) is 283 Å². The van der Waals surface area contributed by atoms with E-state index in [9.17, 15) is 38.4 Å². The van der Waals surface area contributed by atoms with Crippen LogP contribution in [0.15, 0.2) is 95.2 Å². The van der Waals surface area contributed by atoms with Crippen molar-refractivity contribution in [2.75, 3.05) is 190 Å². The number of unbranched alkanes of at least 4 members (excludes halogenated alkanes) is 2. The number of likely N-dealkylation sites (N-methyl/N-ethyl adjacent to an activating group) is 1. The molecule has 6 heterocycles. The Morgan fingerprint density at radius 1 is 0.509 bits per heavy atom. The first-order chi connectivity index (χ1) is 55.3. The van der Waals surface area contributed by atoms with Gasteiger partial charge in [0.2, 0.25) is 35.4 Å². The number of imide groups is 1. The molecule has 114 heavy (non-hydrogen) atoms. The van der Waals surface area contributed by atoms with Gasteiger partial charge in [-0.15, -0.1) is 0 Å². The number of likely N-dealkylation sites (tertiary alicyclic amines) is 1. The summed E-state index contributed by atoms with van der Waals surface area (Å²) in [6.07, 6.45) is 11.0. The number of fused-ring (bicyclic) bond motifs is 4. The maximum atomic E-state index is 14.2. The number of hydrogen-bond acceptors (Lipinski definition) is 24. The highest BCUT2D eigenvalue weighted by Crippen LogP contribution is 2.42. The number of aliphatic imine (C=N–C) groups is 2.